The molecule has 0 aliphatic carbocycles. The zero-order valence-electron chi connectivity index (χ0n) is 23.7. The fraction of sp³-hybridized carbons (Fsp3) is 0.125. The van der Waals surface area contributed by atoms with E-state index in [0.717, 1.165) is 41.6 Å². The average Bonchev–Trinajstić information content (AvgIpc) is 3.53. The lowest BCUT2D eigenvalue weighted by molar-refractivity contribution is -0.120. The summed E-state index contributed by atoms with van der Waals surface area (Å²) in [6.07, 6.45) is 5.60. The summed E-state index contributed by atoms with van der Waals surface area (Å²) in [5.41, 5.74) is 4.12. The van der Waals surface area contributed by atoms with Crippen LogP contribution in [0.5, 0.6) is 0 Å². The lowest BCUT2D eigenvalue weighted by atomic mass is 9.94. The van der Waals surface area contributed by atoms with Gasteiger partial charge in [-0.2, -0.15) is 0 Å². The maximum absolute atomic E-state index is 14.1. The highest BCUT2D eigenvalue weighted by molar-refractivity contribution is 5.95. The molecule has 9 nitrogen and oxygen atoms in total. The molecule has 3 aromatic carbocycles. The standard InChI is InChI=1S/C21H18F3N5O2.C11H12N2/c22-14-6-12(7-15(23)10-14)8-19(29(26)11-30)20-16(2-1-5-27-20)13-3-4-18(24)17(9-13)21(31)28-25;1-2-13-9-8-12-11(13)10-6-4-3-5-7-10/h1-7,9-11,19H,8,25-26H2,(H,28,31);3-9H,2H2,1H3. The number of rotatable bonds is 9. The summed E-state index contributed by atoms with van der Waals surface area (Å²) in [5.74, 6) is 8.83. The van der Waals surface area contributed by atoms with E-state index >= 15 is 0 Å². The third-order valence-electron chi connectivity index (χ3n) is 6.73. The van der Waals surface area contributed by atoms with Gasteiger partial charge in [-0.25, -0.2) is 29.8 Å². The predicted octanol–water partition coefficient (Wildman–Crippen LogP) is 4.96. The van der Waals surface area contributed by atoms with Crippen molar-refractivity contribution in [1.29, 1.82) is 0 Å². The molecule has 0 spiro atoms. The maximum Gasteiger partial charge on any atom is 0.268 e. The van der Waals surface area contributed by atoms with Crippen LogP contribution in [-0.4, -0.2) is 31.9 Å². The lowest BCUT2D eigenvalue weighted by Crippen LogP contribution is -2.36. The first-order valence-corrected chi connectivity index (χ1v) is 13.5. The molecule has 0 fully saturated rings. The molecule has 12 heteroatoms. The number of nitrogens with one attached hydrogen (secondary N) is 1. The fourth-order valence-electron chi connectivity index (χ4n) is 4.65. The van der Waals surface area contributed by atoms with Crippen LogP contribution in [-0.2, 0) is 17.8 Å². The number of nitrogens with zero attached hydrogens (tertiary/aromatic N) is 4. The molecule has 226 valence electrons. The van der Waals surface area contributed by atoms with Crippen LogP contribution in [0.15, 0.2) is 97.5 Å². The fourth-order valence-corrected chi connectivity index (χ4v) is 4.65. The summed E-state index contributed by atoms with van der Waals surface area (Å²) in [4.78, 5) is 31.9. The van der Waals surface area contributed by atoms with Crippen molar-refractivity contribution in [2.24, 2.45) is 11.7 Å². The Balaban J connectivity index is 0.000000281. The van der Waals surface area contributed by atoms with Crippen molar-refractivity contribution in [1.82, 2.24) is 25.0 Å². The van der Waals surface area contributed by atoms with Crippen molar-refractivity contribution in [3.63, 3.8) is 0 Å². The minimum absolute atomic E-state index is 0.0503. The van der Waals surface area contributed by atoms with Gasteiger partial charge in [-0.1, -0.05) is 42.5 Å². The summed E-state index contributed by atoms with van der Waals surface area (Å²) in [6.45, 7) is 3.08. The quantitative estimate of drug-likeness (QED) is 0.0948. The number of pyridine rings is 1. The Bertz CT molecular complexity index is 1710. The van der Waals surface area contributed by atoms with E-state index in [4.69, 9.17) is 11.7 Å². The Morgan fingerprint density at radius 2 is 1.68 bits per heavy atom. The molecule has 44 heavy (non-hydrogen) atoms. The third kappa shape index (κ3) is 7.54. The maximum atomic E-state index is 14.1. The zero-order chi connectivity index (χ0) is 31.6. The number of hydrazine groups is 2. The topological polar surface area (TPSA) is 132 Å². The van der Waals surface area contributed by atoms with Gasteiger partial charge in [0.1, 0.15) is 23.3 Å². The minimum Gasteiger partial charge on any atom is -0.331 e. The van der Waals surface area contributed by atoms with Crippen LogP contribution < -0.4 is 17.1 Å². The van der Waals surface area contributed by atoms with Crippen molar-refractivity contribution in [2.75, 3.05) is 0 Å². The van der Waals surface area contributed by atoms with E-state index in [1.165, 1.54) is 23.9 Å². The van der Waals surface area contributed by atoms with Crippen LogP contribution in [0.1, 0.15) is 34.6 Å². The van der Waals surface area contributed by atoms with Crippen LogP contribution in [0.25, 0.3) is 22.5 Å². The Morgan fingerprint density at radius 3 is 2.34 bits per heavy atom. The molecular formula is C32H30F3N7O2. The third-order valence-corrected chi connectivity index (χ3v) is 6.73. The Morgan fingerprint density at radius 1 is 0.955 bits per heavy atom. The lowest BCUT2D eigenvalue weighted by Gasteiger charge is -2.26. The normalized spacial score (nSPS) is 11.2. The number of halogens is 3. The molecule has 1 atom stereocenters. The summed E-state index contributed by atoms with van der Waals surface area (Å²) >= 11 is 0. The molecule has 2 heterocycles. The van der Waals surface area contributed by atoms with Gasteiger partial charge in [0.2, 0.25) is 6.41 Å². The molecule has 0 aliphatic heterocycles. The highest BCUT2D eigenvalue weighted by atomic mass is 19.1. The van der Waals surface area contributed by atoms with E-state index in [1.54, 1.807) is 12.1 Å². The monoisotopic (exact) mass is 601 g/mol. The molecule has 5 rings (SSSR count). The van der Waals surface area contributed by atoms with E-state index < -0.39 is 29.4 Å². The van der Waals surface area contributed by atoms with Gasteiger partial charge in [0.15, 0.2) is 0 Å². The Hall–Kier alpha value is -5.33. The number of imidazole rings is 1. The summed E-state index contributed by atoms with van der Waals surface area (Å²) in [7, 11) is 0. The van der Waals surface area contributed by atoms with E-state index in [-0.39, 0.29) is 23.2 Å². The highest BCUT2D eigenvalue weighted by Gasteiger charge is 2.24. The molecule has 0 saturated carbocycles. The van der Waals surface area contributed by atoms with Gasteiger partial charge in [-0.3, -0.25) is 25.0 Å². The number of aromatic nitrogens is 3. The second-order valence-corrected chi connectivity index (χ2v) is 9.56. The number of amides is 2. The van der Waals surface area contributed by atoms with Gasteiger partial charge in [0.25, 0.3) is 5.91 Å². The van der Waals surface area contributed by atoms with Crippen LogP contribution >= 0.6 is 0 Å². The molecule has 5 N–H and O–H groups in total. The predicted molar refractivity (Wildman–Crippen MR) is 160 cm³/mol. The zero-order valence-corrected chi connectivity index (χ0v) is 23.7. The van der Waals surface area contributed by atoms with Crippen LogP contribution in [0, 0.1) is 17.5 Å². The molecule has 5 aromatic rings. The summed E-state index contributed by atoms with van der Waals surface area (Å²) in [5, 5.41) is 0.825. The number of nitrogen functional groups attached to an aromatic ring is 1. The summed E-state index contributed by atoms with van der Waals surface area (Å²) in [6, 6.07) is 19.3. The van der Waals surface area contributed by atoms with E-state index in [0.29, 0.717) is 17.5 Å². The number of nitrogens with two attached hydrogens (primary N) is 2. The SMILES string of the molecule is CCn1ccnc1-c1ccccc1.NNC(=O)c1cc(-c2cccnc2C(Cc2cc(F)cc(F)c2)N(N)C=O)ccc1F. The van der Waals surface area contributed by atoms with Crippen LogP contribution in [0.4, 0.5) is 13.2 Å². The van der Waals surface area contributed by atoms with Crippen LogP contribution in [0.2, 0.25) is 0 Å². The van der Waals surface area contributed by atoms with E-state index in [2.05, 4.69) is 33.6 Å². The van der Waals surface area contributed by atoms with Gasteiger partial charge in [-0.05, 0) is 48.4 Å². The largest absolute Gasteiger partial charge is 0.331 e. The number of aryl methyl sites for hydroxylation is 1. The van der Waals surface area contributed by atoms with Crippen molar-refractivity contribution >= 4 is 12.3 Å². The second-order valence-electron chi connectivity index (χ2n) is 9.56. The van der Waals surface area contributed by atoms with Gasteiger partial charge >= 0.3 is 0 Å². The smallest absolute Gasteiger partial charge is 0.268 e. The molecule has 2 amide bonds. The van der Waals surface area contributed by atoms with Crippen molar-refractivity contribution in [2.45, 2.75) is 25.9 Å². The molecule has 0 aliphatic rings. The number of benzene rings is 3. The number of hydrogen-bond acceptors (Lipinski definition) is 6. The van der Waals surface area contributed by atoms with E-state index in [1.807, 2.05) is 36.0 Å². The first-order chi connectivity index (χ1) is 21.2. The van der Waals surface area contributed by atoms with Gasteiger partial charge < -0.3 is 4.57 Å². The van der Waals surface area contributed by atoms with Crippen molar-refractivity contribution in [3.8, 4) is 22.5 Å². The first kappa shape index (κ1) is 31.6. The Kier molecular flexibility index (Phi) is 10.6. The highest BCUT2D eigenvalue weighted by Crippen LogP contribution is 2.32. The van der Waals surface area contributed by atoms with Crippen molar-refractivity contribution < 1.29 is 22.8 Å². The number of hydrogen-bond donors (Lipinski definition) is 3. The molecule has 0 saturated heterocycles. The first-order valence-electron chi connectivity index (χ1n) is 13.5. The number of carbonyl (C=O) groups is 2. The molecule has 0 bridgehead atoms. The average molecular weight is 602 g/mol. The molecule has 1 unspecified atom stereocenters. The van der Waals surface area contributed by atoms with Gasteiger partial charge in [0.05, 0.1) is 17.3 Å². The van der Waals surface area contributed by atoms with Crippen molar-refractivity contribution in [3.05, 3.63) is 132 Å². The van der Waals surface area contributed by atoms with Gasteiger partial charge in [-0.15, -0.1) is 0 Å². The Labute approximate surface area is 251 Å². The molecule has 0 radical (unpaired) electrons. The van der Waals surface area contributed by atoms with Crippen LogP contribution in [0.3, 0.4) is 0 Å². The molecular weight excluding hydrogens is 571 g/mol. The van der Waals surface area contributed by atoms with Gasteiger partial charge in [0, 0.05) is 48.7 Å². The number of carbonyl (C=O) groups excluding carboxylic acids is 2. The second kappa shape index (κ2) is 14.7. The molecule has 2 aromatic heterocycles. The summed E-state index contributed by atoms with van der Waals surface area (Å²) < 4.78 is 43.5. The van der Waals surface area contributed by atoms with E-state index in [9.17, 15) is 22.8 Å². The minimum atomic E-state index is -0.910.